The lowest BCUT2D eigenvalue weighted by Gasteiger charge is -2.47. The van der Waals surface area contributed by atoms with E-state index in [0.717, 1.165) is 6.42 Å². The summed E-state index contributed by atoms with van der Waals surface area (Å²) in [5.41, 5.74) is 4.85. The maximum atomic E-state index is 6.48. The molecule has 5 atom stereocenters. The van der Waals surface area contributed by atoms with Crippen molar-refractivity contribution in [1.29, 1.82) is 0 Å². The quantitative estimate of drug-likeness (QED) is 0.243. The minimum atomic E-state index is -0.629. The van der Waals surface area contributed by atoms with Crippen LogP contribution >= 0.6 is 17.2 Å². The molecule has 0 aliphatic rings. The van der Waals surface area contributed by atoms with Crippen molar-refractivity contribution >= 4 is 17.2 Å². The number of ether oxygens (including phenoxy) is 5. The highest BCUT2D eigenvalue weighted by Gasteiger charge is 2.45. The molecule has 0 radical (unpaired) electrons. The van der Waals surface area contributed by atoms with E-state index in [0.29, 0.717) is 43.6 Å². The standard InChI is InChI=1S/C21H47NO5P2/c1-11-18(22)27-19(8,16(6)28-20(9,23-12-2)24-13-3)17(7)29-21(10,25-14-4)26-15-5/h16-18,28-29H,11-15,22H2,1-10H3. The van der Waals surface area contributed by atoms with E-state index in [1.807, 2.05) is 48.5 Å². The normalized spacial score (nSPS) is 19.1. The Bertz CT molecular complexity index is 399. The summed E-state index contributed by atoms with van der Waals surface area (Å²) in [4.78, 5) is 0. The van der Waals surface area contributed by atoms with Crippen molar-refractivity contribution in [2.24, 2.45) is 5.73 Å². The van der Waals surface area contributed by atoms with Crippen LogP contribution in [0.3, 0.4) is 0 Å². The molecule has 0 bridgehead atoms. The van der Waals surface area contributed by atoms with Crippen molar-refractivity contribution in [3.63, 3.8) is 0 Å². The first-order chi connectivity index (χ1) is 13.5. The van der Waals surface area contributed by atoms with Crippen LogP contribution in [0.5, 0.6) is 0 Å². The van der Waals surface area contributed by atoms with Crippen molar-refractivity contribution in [3.8, 4) is 0 Å². The van der Waals surface area contributed by atoms with Gasteiger partial charge in [-0.05, 0) is 54.9 Å². The molecule has 0 aromatic heterocycles. The van der Waals surface area contributed by atoms with Gasteiger partial charge in [-0.15, -0.1) is 0 Å². The van der Waals surface area contributed by atoms with E-state index in [2.05, 4.69) is 20.8 Å². The zero-order valence-electron chi connectivity index (χ0n) is 20.4. The molecule has 0 aliphatic heterocycles. The zero-order valence-corrected chi connectivity index (χ0v) is 22.4. The molecule has 176 valence electrons. The van der Waals surface area contributed by atoms with Gasteiger partial charge in [0.15, 0.2) is 11.1 Å². The van der Waals surface area contributed by atoms with Gasteiger partial charge < -0.3 is 29.4 Å². The summed E-state index contributed by atoms with van der Waals surface area (Å²) in [6.45, 7) is 23.0. The summed E-state index contributed by atoms with van der Waals surface area (Å²) >= 11 is 0. The maximum Gasteiger partial charge on any atom is 0.181 e. The SMILES string of the molecule is CCOC(C)(OCC)PC(C)C(C)(OC(N)CC)C(C)PC(C)(OCC)OCC. The average Bonchev–Trinajstić information content (AvgIpc) is 2.61. The van der Waals surface area contributed by atoms with Crippen LogP contribution in [0, 0.1) is 0 Å². The third kappa shape index (κ3) is 9.74. The Kier molecular flexibility index (Phi) is 14.2. The second-order valence-electron chi connectivity index (χ2n) is 7.60. The minimum absolute atomic E-state index is 0.165. The molecule has 8 heteroatoms. The van der Waals surface area contributed by atoms with Crippen LogP contribution in [0.1, 0.15) is 75.7 Å². The van der Waals surface area contributed by atoms with Gasteiger partial charge in [-0.1, -0.05) is 37.9 Å². The van der Waals surface area contributed by atoms with Crippen molar-refractivity contribution in [3.05, 3.63) is 0 Å². The predicted molar refractivity (Wildman–Crippen MR) is 127 cm³/mol. The van der Waals surface area contributed by atoms with Crippen molar-refractivity contribution in [1.82, 2.24) is 0 Å². The van der Waals surface area contributed by atoms with E-state index >= 15 is 0 Å². The molecule has 6 nitrogen and oxygen atoms in total. The first kappa shape index (κ1) is 29.6. The zero-order chi connectivity index (χ0) is 22.7. The first-order valence-electron chi connectivity index (χ1n) is 11.0. The van der Waals surface area contributed by atoms with Crippen LogP contribution in [-0.2, 0) is 23.7 Å². The van der Waals surface area contributed by atoms with Crippen LogP contribution < -0.4 is 5.73 Å². The van der Waals surface area contributed by atoms with Crippen molar-refractivity contribution in [2.45, 2.75) is 110 Å². The van der Waals surface area contributed by atoms with E-state index in [1.165, 1.54) is 0 Å². The molecule has 29 heavy (non-hydrogen) atoms. The maximum absolute atomic E-state index is 6.48. The van der Waals surface area contributed by atoms with Gasteiger partial charge in [0.2, 0.25) is 0 Å². The third-order valence-electron chi connectivity index (χ3n) is 5.16. The fourth-order valence-electron chi connectivity index (χ4n) is 3.41. The van der Waals surface area contributed by atoms with Crippen LogP contribution in [0.15, 0.2) is 0 Å². The van der Waals surface area contributed by atoms with Crippen molar-refractivity contribution in [2.75, 3.05) is 26.4 Å². The number of hydrogen-bond acceptors (Lipinski definition) is 6. The van der Waals surface area contributed by atoms with Crippen LogP contribution in [0.2, 0.25) is 0 Å². The van der Waals surface area contributed by atoms with Gasteiger partial charge in [0, 0.05) is 37.7 Å². The summed E-state index contributed by atoms with van der Waals surface area (Å²) in [5.74, 6) is 0. The van der Waals surface area contributed by atoms with Gasteiger partial charge in [0.05, 0.1) is 5.60 Å². The topological polar surface area (TPSA) is 72.2 Å². The predicted octanol–water partition coefficient (Wildman–Crippen LogP) is 5.08. The second-order valence-corrected chi connectivity index (χ2v) is 11.7. The van der Waals surface area contributed by atoms with Crippen LogP contribution in [-0.4, -0.2) is 60.6 Å². The second kappa shape index (κ2) is 13.9. The van der Waals surface area contributed by atoms with Crippen LogP contribution in [0.25, 0.3) is 0 Å². The monoisotopic (exact) mass is 455 g/mol. The highest BCUT2D eigenvalue weighted by atomic mass is 31.1. The van der Waals surface area contributed by atoms with Gasteiger partial charge in [-0.3, -0.25) is 0 Å². The molecule has 0 aromatic carbocycles. The van der Waals surface area contributed by atoms with E-state index < -0.39 is 16.7 Å². The van der Waals surface area contributed by atoms with Gasteiger partial charge in [0.25, 0.3) is 0 Å². The molecular formula is C21H47NO5P2. The van der Waals surface area contributed by atoms with Gasteiger partial charge in [-0.25, -0.2) is 0 Å². The molecule has 0 saturated heterocycles. The Balaban J connectivity index is 5.73. The first-order valence-corrected chi connectivity index (χ1v) is 13.2. The molecule has 0 rings (SSSR count). The highest BCUT2D eigenvalue weighted by Crippen LogP contribution is 2.51. The molecule has 0 fully saturated rings. The van der Waals surface area contributed by atoms with Gasteiger partial charge in [-0.2, -0.15) is 0 Å². The van der Waals surface area contributed by atoms with Gasteiger partial charge in [0.1, 0.15) is 6.23 Å². The Hall–Kier alpha value is 0.620. The Labute approximate surface area is 183 Å². The molecule has 0 aliphatic carbocycles. The molecule has 0 aromatic rings. The Morgan fingerprint density at radius 3 is 1.24 bits per heavy atom. The highest BCUT2D eigenvalue weighted by molar-refractivity contribution is 7.41. The molecular weight excluding hydrogens is 408 g/mol. The smallest absolute Gasteiger partial charge is 0.181 e. The van der Waals surface area contributed by atoms with E-state index in [4.69, 9.17) is 29.4 Å². The summed E-state index contributed by atoms with van der Waals surface area (Å²) in [5, 5.41) is 0. The molecule has 0 amide bonds. The van der Waals surface area contributed by atoms with E-state index in [-0.39, 0.29) is 17.5 Å². The van der Waals surface area contributed by atoms with E-state index in [1.54, 1.807) is 0 Å². The Morgan fingerprint density at radius 1 is 0.690 bits per heavy atom. The number of nitrogens with two attached hydrogens (primary N) is 1. The summed E-state index contributed by atoms with van der Waals surface area (Å²) in [7, 11) is 0.790. The summed E-state index contributed by atoms with van der Waals surface area (Å²) in [6, 6.07) is 0. The molecule has 0 spiro atoms. The average molecular weight is 456 g/mol. The summed E-state index contributed by atoms with van der Waals surface area (Å²) < 4.78 is 30.4. The molecule has 0 heterocycles. The van der Waals surface area contributed by atoms with E-state index in [9.17, 15) is 0 Å². The molecule has 5 unspecified atom stereocenters. The lowest BCUT2D eigenvalue weighted by Crippen LogP contribution is -2.52. The largest absolute Gasteiger partial charge is 0.356 e. The molecule has 0 saturated carbocycles. The third-order valence-corrected chi connectivity index (χ3v) is 8.80. The van der Waals surface area contributed by atoms with Crippen molar-refractivity contribution < 1.29 is 23.7 Å². The summed E-state index contributed by atoms with van der Waals surface area (Å²) in [6.07, 6.45) is 0.430. The molecule has 2 N–H and O–H groups in total. The minimum Gasteiger partial charge on any atom is -0.356 e. The van der Waals surface area contributed by atoms with Gasteiger partial charge >= 0.3 is 0 Å². The van der Waals surface area contributed by atoms with Crippen LogP contribution in [0.4, 0.5) is 0 Å². The lowest BCUT2D eigenvalue weighted by atomic mass is 9.98. The fraction of sp³-hybridized carbons (Fsp3) is 1.00. The number of hydrogen-bond donors (Lipinski definition) is 1. The Morgan fingerprint density at radius 2 is 1.00 bits per heavy atom. The lowest BCUT2D eigenvalue weighted by molar-refractivity contribution is -0.160. The number of rotatable bonds is 17. The fourth-order valence-corrected chi connectivity index (χ4v) is 7.27.